The highest BCUT2D eigenvalue weighted by Gasteiger charge is 2.14. The van der Waals surface area contributed by atoms with Crippen molar-refractivity contribution in [1.82, 2.24) is 5.32 Å². The zero-order valence-corrected chi connectivity index (χ0v) is 10.4. The standard InChI is InChI=1S/C13H16ClN3/c14-12-4-1-5-13(11(12)9-15)17-10-3-2-7-16-8-6-10/h1,4-5,10,16-17H,2-3,6-8H2. The summed E-state index contributed by atoms with van der Waals surface area (Å²) in [6, 6.07) is 8.13. The molecule has 0 bridgehead atoms. The van der Waals surface area contributed by atoms with Crippen molar-refractivity contribution in [3.8, 4) is 6.07 Å². The summed E-state index contributed by atoms with van der Waals surface area (Å²) in [6.07, 6.45) is 3.38. The second kappa shape index (κ2) is 5.90. The molecule has 1 atom stereocenters. The van der Waals surface area contributed by atoms with Gasteiger partial charge in [0, 0.05) is 6.04 Å². The van der Waals surface area contributed by atoms with Gasteiger partial charge in [-0.25, -0.2) is 0 Å². The van der Waals surface area contributed by atoms with Crippen LogP contribution >= 0.6 is 11.6 Å². The molecule has 4 heteroatoms. The fourth-order valence-corrected chi connectivity index (χ4v) is 2.36. The number of halogens is 1. The van der Waals surface area contributed by atoms with E-state index in [4.69, 9.17) is 16.9 Å². The van der Waals surface area contributed by atoms with Crippen molar-refractivity contribution in [2.24, 2.45) is 0 Å². The first-order chi connectivity index (χ1) is 8.31. The number of nitrogens with one attached hydrogen (secondary N) is 2. The van der Waals surface area contributed by atoms with E-state index in [0.29, 0.717) is 16.6 Å². The van der Waals surface area contributed by atoms with Crippen LogP contribution in [0.3, 0.4) is 0 Å². The van der Waals surface area contributed by atoms with E-state index in [2.05, 4.69) is 16.7 Å². The summed E-state index contributed by atoms with van der Waals surface area (Å²) in [5, 5.41) is 16.4. The quantitative estimate of drug-likeness (QED) is 0.847. The number of anilines is 1. The van der Waals surface area contributed by atoms with Gasteiger partial charge in [0.2, 0.25) is 0 Å². The lowest BCUT2D eigenvalue weighted by Gasteiger charge is -2.18. The molecule has 1 aliphatic heterocycles. The number of nitrogens with zero attached hydrogens (tertiary/aromatic N) is 1. The highest BCUT2D eigenvalue weighted by Crippen LogP contribution is 2.25. The number of benzene rings is 1. The topological polar surface area (TPSA) is 47.9 Å². The van der Waals surface area contributed by atoms with E-state index in [1.165, 1.54) is 6.42 Å². The van der Waals surface area contributed by atoms with Crippen molar-refractivity contribution in [2.75, 3.05) is 18.4 Å². The van der Waals surface area contributed by atoms with Crippen LogP contribution in [0.5, 0.6) is 0 Å². The Morgan fingerprint density at radius 1 is 1.35 bits per heavy atom. The van der Waals surface area contributed by atoms with E-state index in [0.717, 1.165) is 31.6 Å². The Labute approximate surface area is 107 Å². The molecule has 2 rings (SSSR count). The average molecular weight is 250 g/mol. The monoisotopic (exact) mass is 249 g/mol. The number of hydrogen-bond donors (Lipinski definition) is 2. The minimum atomic E-state index is 0.426. The van der Waals surface area contributed by atoms with Crippen molar-refractivity contribution in [2.45, 2.75) is 25.3 Å². The molecule has 0 aliphatic carbocycles. The van der Waals surface area contributed by atoms with E-state index in [-0.39, 0.29) is 0 Å². The molecule has 1 saturated heterocycles. The molecule has 3 nitrogen and oxygen atoms in total. The lowest BCUT2D eigenvalue weighted by Crippen LogP contribution is -2.22. The Balaban J connectivity index is 2.12. The van der Waals surface area contributed by atoms with E-state index in [1.807, 2.05) is 12.1 Å². The molecular formula is C13H16ClN3. The average Bonchev–Trinajstić information content (AvgIpc) is 2.58. The maximum atomic E-state index is 9.10. The predicted molar refractivity (Wildman–Crippen MR) is 70.3 cm³/mol. The van der Waals surface area contributed by atoms with E-state index >= 15 is 0 Å². The molecule has 1 aromatic rings. The van der Waals surface area contributed by atoms with Crippen LogP contribution in [0.1, 0.15) is 24.8 Å². The summed E-state index contributed by atoms with van der Waals surface area (Å²) in [5.41, 5.74) is 1.40. The molecule has 1 heterocycles. The van der Waals surface area contributed by atoms with Crippen LogP contribution in [-0.4, -0.2) is 19.1 Å². The molecule has 1 aliphatic rings. The van der Waals surface area contributed by atoms with E-state index < -0.39 is 0 Å². The Hall–Kier alpha value is -1.24. The first kappa shape index (κ1) is 12.2. The first-order valence-corrected chi connectivity index (χ1v) is 6.35. The van der Waals surface area contributed by atoms with Gasteiger partial charge < -0.3 is 10.6 Å². The Bertz CT molecular complexity index is 417. The van der Waals surface area contributed by atoms with Gasteiger partial charge in [-0.15, -0.1) is 0 Å². The lowest BCUT2D eigenvalue weighted by atomic mass is 10.1. The van der Waals surface area contributed by atoms with Crippen molar-refractivity contribution in [3.63, 3.8) is 0 Å². The van der Waals surface area contributed by atoms with Crippen LogP contribution in [0.4, 0.5) is 5.69 Å². The molecular weight excluding hydrogens is 234 g/mol. The van der Waals surface area contributed by atoms with Gasteiger partial charge in [0.05, 0.1) is 16.3 Å². The van der Waals surface area contributed by atoms with E-state index in [9.17, 15) is 0 Å². The van der Waals surface area contributed by atoms with E-state index in [1.54, 1.807) is 6.07 Å². The van der Waals surface area contributed by atoms with Crippen LogP contribution < -0.4 is 10.6 Å². The molecule has 1 unspecified atom stereocenters. The summed E-state index contributed by atoms with van der Waals surface area (Å²) in [6.45, 7) is 2.11. The molecule has 1 aromatic carbocycles. The third-order valence-electron chi connectivity index (χ3n) is 3.06. The highest BCUT2D eigenvalue weighted by atomic mass is 35.5. The van der Waals surface area contributed by atoms with Gasteiger partial charge in [-0.1, -0.05) is 17.7 Å². The van der Waals surface area contributed by atoms with Gasteiger partial charge in [0.15, 0.2) is 0 Å². The lowest BCUT2D eigenvalue weighted by molar-refractivity contribution is 0.637. The van der Waals surface area contributed by atoms with Gasteiger partial charge in [-0.3, -0.25) is 0 Å². The molecule has 0 aromatic heterocycles. The van der Waals surface area contributed by atoms with Crippen LogP contribution in [0.15, 0.2) is 18.2 Å². The first-order valence-electron chi connectivity index (χ1n) is 5.97. The summed E-state index contributed by atoms with van der Waals surface area (Å²) >= 11 is 6.00. The third kappa shape index (κ3) is 3.12. The van der Waals surface area contributed by atoms with Crippen molar-refractivity contribution in [3.05, 3.63) is 28.8 Å². The van der Waals surface area contributed by atoms with Gasteiger partial charge in [-0.05, 0) is 44.5 Å². The van der Waals surface area contributed by atoms with Crippen molar-refractivity contribution < 1.29 is 0 Å². The summed E-state index contributed by atoms with van der Waals surface area (Å²) in [4.78, 5) is 0. The van der Waals surface area contributed by atoms with Crippen LogP contribution in [-0.2, 0) is 0 Å². The summed E-state index contributed by atoms with van der Waals surface area (Å²) in [7, 11) is 0. The Morgan fingerprint density at radius 3 is 3.06 bits per heavy atom. The maximum absolute atomic E-state index is 9.10. The second-order valence-corrected chi connectivity index (χ2v) is 4.70. The molecule has 2 N–H and O–H groups in total. The fraction of sp³-hybridized carbons (Fsp3) is 0.462. The number of hydrogen-bond acceptors (Lipinski definition) is 3. The number of nitriles is 1. The van der Waals surface area contributed by atoms with Crippen LogP contribution in [0.2, 0.25) is 5.02 Å². The predicted octanol–water partition coefficient (Wildman–Crippen LogP) is 2.77. The normalized spacial score (nSPS) is 20.4. The SMILES string of the molecule is N#Cc1c(Cl)cccc1NC1CCCNCC1. The van der Waals surface area contributed by atoms with Crippen molar-refractivity contribution in [1.29, 1.82) is 5.26 Å². The second-order valence-electron chi connectivity index (χ2n) is 4.30. The van der Waals surface area contributed by atoms with Gasteiger partial charge in [0.1, 0.15) is 6.07 Å². The molecule has 0 spiro atoms. The van der Waals surface area contributed by atoms with Crippen LogP contribution in [0.25, 0.3) is 0 Å². The van der Waals surface area contributed by atoms with Crippen LogP contribution in [0, 0.1) is 11.3 Å². The zero-order valence-electron chi connectivity index (χ0n) is 9.67. The smallest absolute Gasteiger partial charge is 0.103 e. The summed E-state index contributed by atoms with van der Waals surface area (Å²) in [5.74, 6) is 0. The molecule has 1 fully saturated rings. The zero-order chi connectivity index (χ0) is 12.1. The Morgan fingerprint density at radius 2 is 2.24 bits per heavy atom. The largest absolute Gasteiger partial charge is 0.381 e. The minimum Gasteiger partial charge on any atom is -0.381 e. The molecule has 17 heavy (non-hydrogen) atoms. The number of rotatable bonds is 2. The fourth-order valence-electron chi connectivity index (χ4n) is 2.14. The third-order valence-corrected chi connectivity index (χ3v) is 3.38. The minimum absolute atomic E-state index is 0.426. The highest BCUT2D eigenvalue weighted by molar-refractivity contribution is 6.32. The molecule has 0 radical (unpaired) electrons. The van der Waals surface area contributed by atoms with Gasteiger partial charge >= 0.3 is 0 Å². The molecule has 0 amide bonds. The summed E-state index contributed by atoms with van der Waals surface area (Å²) < 4.78 is 0. The maximum Gasteiger partial charge on any atom is 0.103 e. The Kier molecular flexibility index (Phi) is 4.24. The molecule has 90 valence electrons. The molecule has 0 saturated carbocycles. The van der Waals surface area contributed by atoms with Crippen molar-refractivity contribution >= 4 is 17.3 Å². The van der Waals surface area contributed by atoms with Gasteiger partial charge in [0.25, 0.3) is 0 Å². The van der Waals surface area contributed by atoms with Gasteiger partial charge in [-0.2, -0.15) is 5.26 Å².